The predicted molar refractivity (Wildman–Crippen MR) is 97.5 cm³/mol. The molecule has 0 fully saturated rings. The number of aromatic nitrogens is 1. The quantitative estimate of drug-likeness (QED) is 0.468. The molecule has 0 bridgehead atoms. The number of thiazole rings is 1. The maximum atomic E-state index is 12.2. The van der Waals surface area contributed by atoms with Crippen LogP contribution in [0.15, 0.2) is 18.2 Å². The molecule has 0 saturated carbocycles. The van der Waals surface area contributed by atoms with Gasteiger partial charge in [-0.1, -0.05) is 11.6 Å². The Hall–Kier alpha value is -1.99. The van der Waals surface area contributed by atoms with Crippen molar-refractivity contribution >= 4 is 34.5 Å². The van der Waals surface area contributed by atoms with Crippen molar-refractivity contribution in [3.05, 3.63) is 54.5 Å². The Morgan fingerprint density at radius 1 is 1.36 bits per heavy atom. The number of carbonyl (C=O) groups excluding carboxylic acids is 1. The largest absolute Gasteiger partial charge is 0.352 e. The third-order valence-corrected chi connectivity index (χ3v) is 5.70. The number of nitrogens with zero attached hydrogens (tertiary/aromatic N) is 2. The fourth-order valence-corrected chi connectivity index (χ4v) is 4.25. The second-order valence-corrected chi connectivity index (χ2v) is 7.54. The molecule has 132 valence electrons. The molecular formula is C17H18ClN3O3S. The van der Waals surface area contributed by atoms with Gasteiger partial charge in [-0.15, -0.1) is 11.3 Å². The molecule has 1 N–H and O–H groups in total. The van der Waals surface area contributed by atoms with Crippen molar-refractivity contribution in [1.29, 1.82) is 0 Å². The number of fused-ring (bicyclic) bond motifs is 1. The number of hydrogen-bond donors (Lipinski definition) is 1. The van der Waals surface area contributed by atoms with Gasteiger partial charge in [0.25, 0.3) is 11.6 Å². The van der Waals surface area contributed by atoms with Gasteiger partial charge in [-0.05, 0) is 38.2 Å². The number of nitrogens with one attached hydrogen (secondary N) is 1. The first kappa shape index (κ1) is 17.8. The molecule has 0 radical (unpaired) electrons. The minimum Gasteiger partial charge on any atom is -0.352 e. The number of carbonyl (C=O) groups is 1. The molecular weight excluding hydrogens is 362 g/mol. The summed E-state index contributed by atoms with van der Waals surface area (Å²) in [7, 11) is 0. The lowest BCUT2D eigenvalue weighted by molar-refractivity contribution is -0.384. The fourth-order valence-electron chi connectivity index (χ4n) is 2.85. The van der Waals surface area contributed by atoms with Crippen LogP contribution < -0.4 is 5.32 Å². The number of amides is 1. The van der Waals surface area contributed by atoms with E-state index in [1.54, 1.807) is 11.3 Å². The number of aryl methyl sites for hydroxylation is 3. The number of halogens is 1. The number of non-ortho nitro benzene ring substituents is 1. The van der Waals surface area contributed by atoms with Gasteiger partial charge >= 0.3 is 0 Å². The molecule has 1 aliphatic rings. The molecule has 0 unspecified atom stereocenters. The van der Waals surface area contributed by atoms with Crippen molar-refractivity contribution in [3.63, 3.8) is 0 Å². The SMILES string of the molecule is O=C(NCCCc1nc2c(s1)CCCC2)c1cc([N+](=O)[O-])ccc1Cl. The van der Waals surface area contributed by atoms with E-state index in [-0.39, 0.29) is 16.3 Å². The van der Waals surface area contributed by atoms with Gasteiger partial charge in [0.1, 0.15) is 0 Å². The van der Waals surface area contributed by atoms with Crippen molar-refractivity contribution in [1.82, 2.24) is 10.3 Å². The summed E-state index contributed by atoms with van der Waals surface area (Å²) in [6, 6.07) is 3.85. The molecule has 0 aliphatic heterocycles. The zero-order valence-electron chi connectivity index (χ0n) is 13.6. The maximum absolute atomic E-state index is 12.2. The molecule has 0 saturated heterocycles. The molecule has 0 spiro atoms. The van der Waals surface area contributed by atoms with Crippen LogP contribution in [-0.4, -0.2) is 22.4 Å². The van der Waals surface area contributed by atoms with Gasteiger partial charge in [-0.25, -0.2) is 4.98 Å². The van der Waals surface area contributed by atoms with Crippen LogP contribution >= 0.6 is 22.9 Å². The van der Waals surface area contributed by atoms with Crippen molar-refractivity contribution in [2.45, 2.75) is 38.5 Å². The van der Waals surface area contributed by atoms with Crippen LogP contribution in [0.1, 0.15) is 45.2 Å². The topological polar surface area (TPSA) is 85.1 Å². The van der Waals surface area contributed by atoms with E-state index in [1.807, 2.05) is 0 Å². The van der Waals surface area contributed by atoms with Crippen LogP contribution in [0.5, 0.6) is 0 Å². The lowest BCUT2D eigenvalue weighted by atomic mass is 10.0. The Balaban J connectivity index is 1.52. The van der Waals surface area contributed by atoms with Crippen LogP contribution in [0.4, 0.5) is 5.69 Å². The van der Waals surface area contributed by atoms with Gasteiger partial charge in [-0.3, -0.25) is 14.9 Å². The summed E-state index contributed by atoms with van der Waals surface area (Å²) in [6.45, 7) is 0.474. The summed E-state index contributed by atoms with van der Waals surface area (Å²) in [5, 5.41) is 14.9. The lowest BCUT2D eigenvalue weighted by Crippen LogP contribution is -2.25. The van der Waals surface area contributed by atoms with Crippen LogP contribution in [0, 0.1) is 10.1 Å². The third kappa shape index (κ3) is 4.35. The van der Waals surface area contributed by atoms with Gasteiger partial charge in [0, 0.05) is 30.0 Å². The third-order valence-electron chi connectivity index (χ3n) is 4.15. The molecule has 1 heterocycles. The zero-order valence-corrected chi connectivity index (χ0v) is 15.2. The highest BCUT2D eigenvalue weighted by atomic mass is 35.5. The van der Waals surface area contributed by atoms with Crippen molar-refractivity contribution < 1.29 is 9.72 Å². The van der Waals surface area contributed by atoms with Crippen molar-refractivity contribution in [2.24, 2.45) is 0 Å². The minimum atomic E-state index is -0.544. The summed E-state index contributed by atoms with van der Waals surface area (Å²) < 4.78 is 0. The second kappa shape index (κ2) is 7.93. The number of benzene rings is 1. The van der Waals surface area contributed by atoms with E-state index < -0.39 is 10.8 Å². The Labute approximate surface area is 154 Å². The number of nitro benzene ring substituents is 1. The number of hydrogen-bond acceptors (Lipinski definition) is 5. The summed E-state index contributed by atoms with van der Waals surface area (Å²) in [4.78, 5) is 28.5. The van der Waals surface area contributed by atoms with E-state index in [4.69, 9.17) is 11.6 Å². The van der Waals surface area contributed by atoms with Gasteiger partial charge in [0.15, 0.2) is 0 Å². The molecule has 0 atom stereocenters. The molecule has 1 aromatic carbocycles. The molecule has 8 heteroatoms. The Kier molecular flexibility index (Phi) is 5.65. The average Bonchev–Trinajstić information content (AvgIpc) is 3.01. The van der Waals surface area contributed by atoms with E-state index in [0.29, 0.717) is 6.54 Å². The average molecular weight is 380 g/mol. The Morgan fingerprint density at radius 2 is 2.16 bits per heavy atom. The molecule has 3 rings (SSSR count). The lowest BCUT2D eigenvalue weighted by Gasteiger charge is -2.06. The van der Waals surface area contributed by atoms with Crippen LogP contribution in [-0.2, 0) is 19.3 Å². The molecule has 1 aromatic heterocycles. The van der Waals surface area contributed by atoms with Crippen molar-refractivity contribution in [2.75, 3.05) is 6.54 Å². The first-order valence-corrected chi connectivity index (χ1v) is 9.43. The van der Waals surface area contributed by atoms with E-state index in [1.165, 1.54) is 41.6 Å². The maximum Gasteiger partial charge on any atom is 0.270 e. The van der Waals surface area contributed by atoms with Crippen LogP contribution in [0.3, 0.4) is 0 Å². The zero-order chi connectivity index (χ0) is 17.8. The summed E-state index contributed by atoms with van der Waals surface area (Å²) in [6.07, 6.45) is 6.26. The van der Waals surface area contributed by atoms with E-state index in [2.05, 4.69) is 10.3 Å². The number of nitro groups is 1. The molecule has 1 amide bonds. The molecule has 1 aliphatic carbocycles. The summed E-state index contributed by atoms with van der Waals surface area (Å²) >= 11 is 7.75. The monoisotopic (exact) mass is 379 g/mol. The van der Waals surface area contributed by atoms with Crippen LogP contribution in [0.2, 0.25) is 5.02 Å². The van der Waals surface area contributed by atoms with Gasteiger partial charge in [0.05, 0.1) is 26.2 Å². The van der Waals surface area contributed by atoms with Gasteiger partial charge in [0.2, 0.25) is 0 Å². The highest BCUT2D eigenvalue weighted by Gasteiger charge is 2.16. The van der Waals surface area contributed by atoms with E-state index >= 15 is 0 Å². The first-order chi connectivity index (χ1) is 12.0. The number of rotatable bonds is 6. The molecule has 25 heavy (non-hydrogen) atoms. The second-order valence-electron chi connectivity index (χ2n) is 5.97. The first-order valence-electron chi connectivity index (χ1n) is 8.24. The highest BCUT2D eigenvalue weighted by molar-refractivity contribution is 7.11. The van der Waals surface area contributed by atoms with Crippen LogP contribution in [0.25, 0.3) is 0 Å². The van der Waals surface area contributed by atoms with Gasteiger partial charge in [-0.2, -0.15) is 0 Å². The van der Waals surface area contributed by atoms with Gasteiger partial charge < -0.3 is 5.32 Å². The predicted octanol–water partition coefficient (Wildman–Crippen LogP) is 3.95. The summed E-state index contributed by atoms with van der Waals surface area (Å²) in [5.74, 6) is -0.396. The standard InChI is InChI=1S/C17H18ClN3O3S/c18-13-8-7-11(21(23)24)10-12(13)17(22)19-9-3-6-16-20-14-4-1-2-5-15(14)25-16/h7-8,10H,1-6,9H2,(H,19,22). The Bertz CT molecular complexity index is 783. The molecule has 6 nitrogen and oxygen atoms in total. The minimum absolute atomic E-state index is 0.126. The fraction of sp³-hybridized carbons (Fsp3) is 0.412. The normalized spacial score (nSPS) is 13.3. The Morgan fingerprint density at radius 3 is 2.92 bits per heavy atom. The van der Waals surface area contributed by atoms with Crippen molar-refractivity contribution in [3.8, 4) is 0 Å². The smallest absolute Gasteiger partial charge is 0.270 e. The van der Waals surface area contributed by atoms with E-state index in [9.17, 15) is 14.9 Å². The summed E-state index contributed by atoms with van der Waals surface area (Å²) in [5.41, 5.74) is 1.22. The van der Waals surface area contributed by atoms with E-state index in [0.717, 1.165) is 30.7 Å². The highest BCUT2D eigenvalue weighted by Crippen LogP contribution is 2.27. The molecule has 2 aromatic rings.